The van der Waals surface area contributed by atoms with Crippen molar-refractivity contribution in [1.29, 1.82) is 0 Å². The van der Waals surface area contributed by atoms with Crippen molar-refractivity contribution in [2.24, 2.45) is 22.4 Å². The molecule has 0 aromatic heterocycles. The van der Waals surface area contributed by atoms with E-state index in [1.165, 1.54) is 19.3 Å². The van der Waals surface area contributed by atoms with Crippen molar-refractivity contribution in [2.45, 2.75) is 52.6 Å². The summed E-state index contributed by atoms with van der Waals surface area (Å²) in [5.74, 6) is 1.51. The van der Waals surface area contributed by atoms with Gasteiger partial charge in [-0.15, -0.1) is 0 Å². The zero-order valence-electron chi connectivity index (χ0n) is 16.4. The number of hydrogen-bond acceptors (Lipinski definition) is 3. The molecule has 0 bridgehead atoms. The zero-order chi connectivity index (χ0) is 19.0. The van der Waals surface area contributed by atoms with Gasteiger partial charge in [0.1, 0.15) is 5.75 Å². The third-order valence-electron chi connectivity index (χ3n) is 6.28. The van der Waals surface area contributed by atoms with Crippen LogP contribution in [0.3, 0.4) is 0 Å². The van der Waals surface area contributed by atoms with Gasteiger partial charge < -0.3 is 4.74 Å². The number of ether oxygens (including phenoxy) is 1. The molecule has 1 N–H and O–H groups in total. The molecular weight excluding hydrogens is 336 g/mol. The Hall–Kier alpha value is -2.36. The highest BCUT2D eigenvalue weighted by Gasteiger charge is 2.64. The van der Waals surface area contributed by atoms with Gasteiger partial charge in [-0.2, -0.15) is 5.10 Å². The van der Waals surface area contributed by atoms with Crippen LogP contribution in [0.1, 0.15) is 52.0 Å². The molecule has 4 nitrogen and oxygen atoms in total. The van der Waals surface area contributed by atoms with Gasteiger partial charge >= 0.3 is 0 Å². The molecule has 1 amide bonds. The summed E-state index contributed by atoms with van der Waals surface area (Å²) < 4.78 is 5.96. The van der Waals surface area contributed by atoms with E-state index in [-0.39, 0.29) is 23.3 Å². The van der Waals surface area contributed by atoms with Crippen LogP contribution < -0.4 is 10.2 Å². The van der Waals surface area contributed by atoms with E-state index in [0.717, 1.165) is 28.5 Å². The second kappa shape index (κ2) is 6.99. The fraction of sp³-hybridized carbons (Fsp3) is 0.478. The van der Waals surface area contributed by atoms with E-state index in [1.54, 1.807) is 6.21 Å². The smallest absolute Gasteiger partial charge is 0.244 e. The third kappa shape index (κ3) is 3.33. The maximum atomic E-state index is 12.6. The van der Waals surface area contributed by atoms with Gasteiger partial charge in [0.2, 0.25) is 5.91 Å². The van der Waals surface area contributed by atoms with Gasteiger partial charge in [0.05, 0.1) is 12.3 Å². The van der Waals surface area contributed by atoms with Crippen molar-refractivity contribution in [1.82, 2.24) is 5.43 Å². The van der Waals surface area contributed by atoms with E-state index in [2.05, 4.69) is 35.7 Å². The molecular formula is C23H28N2O2. The largest absolute Gasteiger partial charge is 0.490 e. The van der Waals surface area contributed by atoms with Crippen LogP contribution in [-0.2, 0) is 4.79 Å². The number of nitrogens with zero attached hydrogens (tertiary/aromatic N) is 1. The van der Waals surface area contributed by atoms with E-state index >= 15 is 0 Å². The highest BCUT2D eigenvalue weighted by atomic mass is 16.5. The molecule has 4 heteroatoms. The molecule has 2 fully saturated rings. The second-order valence-electron chi connectivity index (χ2n) is 8.44. The Morgan fingerprint density at radius 1 is 1.26 bits per heavy atom. The minimum absolute atomic E-state index is 0.0622. The second-order valence-corrected chi connectivity index (χ2v) is 8.44. The molecule has 2 aliphatic rings. The fourth-order valence-corrected chi connectivity index (χ4v) is 4.85. The van der Waals surface area contributed by atoms with Gasteiger partial charge in [0.15, 0.2) is 0 Å². The monoisotopic (exact) mass is 364 g/mol. The SMILES string of the molecule is CC(C)Oc1ccc2ccccc2c1C=NNC(=O)C1C2CCCCC21C. The van der Waals surface area contributed by atoms with Crippen LogP contribution in [0.15, 0.2) is 41.5 Å². The van der Waals surface area contributed by atoms with Crippen LogP contribution in [-0.4, -0.2) is 18.2 Å². The lowest BCUT2D eigenvalue weighted by Crippen LogP contribution is -2.22. The predicted octanol–water partition coefficient (Wildman–Crippen LogP) is 4.90. The molecule has 2 aromatic carbocycles. The minimum atomic E-state index is 0.0622. The molecule has 2 aliphatic carbocycles. The quantitative estimate of drug-likeness (QED) is 0.606. The van der Waals surface area contributed by atoms with Crippen LogP contribution in [0.5, 0.6) is 5.75 Å². The number of fused-ring (bicyclic) bond motifs is 2. The summed E-state index contributed by atoms with van der Waals surface area (Å²) in [5, 5.41) is 6.50. The average Bonchev–Trinajstić information content (AvgIpc) is 3.28. The van der Waals surface area contributed by atoms with Crippen molar-refractivity contribution in [3.8, 4) is 5.75 Å². The molecule has 0 radical (unpaired) electrons. The molecule has 3 atom stereocenters. The highest BCUT2D eigenvalue weighted by molar-refractivity contribution is 6.02. The standard InChI is InChI=1S/C23H28N2O2/c1-15(2)27-20-12-11-16-8-4-5-9-17(16)18(20)14-24-25-22(26)21-19-10-6-7-13-23(19,21)3/h4-5,8-9,11-12,14-15,19,21H,6-7,10,13H2,1-3H3,(H,25,26). The third-order valence-corrected chi connectivity index (χ3v) is 6.28. The topological polar surface area (TPSA) is 50.7 Å². The Bertz CT molecular complexity index is 889. The highest BCUT2D eigenvalue weighted by Crippen LogP contribution is 2.66. The molecule has 3 unspecified atom stereocenters. The van der Waals surface area contributed by atoms with Gasteiger partial charge in [-0.1, -0.05) is 50.1 Å². The van der Waals surface area contributed by atoms with Gasteiger partial charge in [0, 0.05) is 11.5 Å². The molecule has 2 aromatic rings. The van der Waals surface area contributed by atoms with Gasteiger partial charge in [-0.3, -0.25) is 4.79 Å². The molecule has 0 spiro atoms. The summed E-state index contributed by atoms with van der Waals surface area (Å²) in [6.45, 7) is 6.27. The van der Waals surface area contributed by atoms with Crippen molar-refractivity contribution in [2.75, 3.05) is 0 Å². The Labute approximate surface area is 161 Å². The number of carbonyl (C=O) groups excluding carboxylic acids is 1. The van der Waals surface area contributed by atoms with Crippen LogP contribution in [0, 0.1) is 17.3 Å². The number of hydrazone groups is 1. The van der Waals surface area contributed by atoms with Crippen LogP contribution >= 0.6 is 0 Å². The molecule has 27 heavy (non-hydrogen) atoms. The average molecular weight is 364 g/mol. The summed E-state index contributed by atoms with van der Waals surface area (Å²) in [6.07, 6.45) is 6.63. The lowest BCUT2D eigenvalue weighted by atomic mass is 9.90. The molecule has 2 saturated carbocycles. The first-order valence-corrected chi connectivity index (χ1v) is 10.0. The van der Waals surface area contributed by atoms with Crippen molar-refractivity contribution < 1.29 is 9.53 Å². The Balaban J connectivity index is 1.54. The van der Waals surface area contributed by atoms with E-state index in [4.69, 9.17) is 4.74 Å². The lowest BCUT2D eigenvalue weighted by Gasteiger charge is -2.15. The van der Waals surface area contributed by atoms with E-state index in [0.29, 0.717) is 5.92 Å². The Kier molecular flexibility index (Phi) is 4.67. The van der Waals surface area contributed by atoms with E-state index < -0.39 is 0 Å². The molecule has 142 valence electrons. The fourth-order valence-electron chi connectivity index (χ4n) is 4.85. The molecule has 0 heterocycles. The first-order valence-electron chi connectivity index (χ1n) is 10.0. The van der Waals surface area contributed by atoms with Crippen LogP contribution in [0.4, 0.5) is 0 Å². The number of rotatable bonds is 5. The van der Waals surface area contributed by atoms with Gasteiger partial charge in [0.25, 0.3) is 0 Å². The summed E-state index contributed by atoms with van der Waals surface area (Å²) in [5.41, 5.74) is 3.90. The number of hydrogen-bond donors (Lipinski definition) is 1. The summed E-state index contributed by atoms with van der Waals surface area (Å²) in [7, 11) is 0. The minimum Gasteiger partial charge on any atom is -0.490 e. The number of carbonyl (C=O) groups is 1. The van der Waals surface area contributed by atoms with Crippen LogP contribution in [0.25, 0.3) is 10.8 Å². The van der Waals surface area contributed by atoms with E-state index in [9.17, 15) is 4.79 Å². The maximum absolute atomic E-state index is 12.6. The molecule has 0 aliphatic heterocycles. The lowest BCUT2D eigenvalue weighted by molar-refractivity contribution is -0.123. The van der Waals surface area contributed by atoms with Crippen molar-refractivity contribution in [3.63, 3.8) is 0 Å². The maximum Gasteiger partial charge on any atom is 0.244 e. The summed E-state index contributed by atoms with van der Waals surface area (Å²) in [4.78, 5) is 12.6. The Morgan fingerprint density at radius 2 is 2.07 bits per heavy atom. The normalized spacial score (nSPS) is 27.0. The van der Waals surface area contributed by atoms with Crippen molar-refractivity contribution >= 4 is 22.9 Å². The number of amides is 1. The summed E-state index contributed by atoms with van der Waals surface area (Å²) >= 11 is 0. The van der Waals surface area contributed by atoms with E-state index in [1.807, 2.05) is 32.0 Å². The van der Waals surface area contributed by atoms with Gasteiger partial charge in [-0.05, 0) is 54.9 Å². The van der Waals surface area contributed by atoms with Crippen LogP contribution in [0.2, 0.25) is 0 Å². The van der Waals surface area contributed by atoms with Crippen molar-refractivity contribution in [3.05, 3.63) is 42.0 Å². The number of benzene rings is 2. The molecule has 4 rings (SSSR count). The first kappa shape index (κ1) is 18.0. The van der Waals surface area contributed by atoms with Gasteiger partial charge in [-0.25, -0.2) is 5.43 Å². The first-order chi connectivity index (χ1) is 13.0. The predicted molar refractivity (Wildman–Crippen MR) is 109 cm³/mol. The summed E-state index contributed by atoms with van der Waals surface area (Å²) in [6, 6.07) is 12.2. The Morgan fingerprint density at radius 3 is 2.81 bits per heavy atom. The zero-order valence-corrected chi connectivity index (χ0v) is 16.4. The number of nitrogens with one attached hydrogen (secondary N) is 1. The molecule has 0 saturated heterocycles.